The van der Waals surface area contributed by atoms with E-state index in [2.05, 4.69) is 48.2 Å². The van der Waals surface area contributed by atoms with E-state index in [0.717, 1.165) is 93.9 Å². The van der Waals surface area contributed by atoms with Gasteiger partial charge in [0.25, 0.3) is 0 Å². The number of ether oxygens (including phenoxy) is 8. The van der Waals surface area contributed by atoms with Crippen molar-refractivity contribution in [2.45, 2.75) is 120 Å². The molecule has 12 nitrogen and oxygen atoms in total. The standard InChI is InChI=1S/2C22H33NO5/c1-15(2)21(24)28-14-27-17-8-9-22(10-11-23(3)20(22)13-17)16-6-7-18(25-4)19(12-16)26-5;1-5-6-21(24)28-15-27-17-9-10-22(11-12-23(2)20(22)14-17)16-7-8-18(25-3)19(13-16)26-4/h6-7,12,15,17,20H,8-11,13-14H2,1-5H3;7-8,13,17,20H,5-6,9-12,14-15H2,1-4H3. The van der Waals surface area contributed by atoms with Crippen molar-refractivity contribution in [1.29, 1.82) is 0 Å². The van der Waals surface area contributed by atoms with Crippen LogP contribution in [-0.4, -0.2) is 115 Å². The van der Waals surface area contributed by atoms with E-state index in [4.69, 9.17) is 37.9 Å². The van der Waals surface area contributed by atoms with Crippen LogP contribution in [0, 0.1) is 5.92 Å². The third kappa shape index (κ3) is 9.57. The number of carbonyl (C=O) groups excluding carboxylic acids is 2. The highest BCUT2D eigenvalue weighted by atomic mass is 16.7. The Morgan fingerprint density at radius 3 is 1.54 bits per heavy atom. The molecule has 0 spiro atoms. The molecule has 4 fully saturated rings. The van der Waals surface area contributed by atoms with Crippen molar-refractivity contribution >= 4 is 11.9 Å². The van der Waals surface area contributed by atoms with Gasteiger partial charge in [0.05, 0.1) is 46.6 Å². The Bertz CT molecular complexity index is 1600. The second kappa shape index (κ2) is 19.7. The lowest BCUT2D eigenvalue weighted by molar-refractivity contribution is -0.167. The maximum Gasteiger partial charge on any atom is 0.310 e. The van der Waals surface area contributed by atoms with Gasteiger partial charge in [-0.3, -0.25) is 9.59 Å². The van der Waals surface area contributed by atoms with E-state index >= 15 is 0 Å². The Hall–Kier alpha value is -3.58. The fraction of sp³-hybridized carbons (Fsp3) is 0.682. The molecule has 0 radical (unpaired) electrons. The maximum atomic E-state index is 11.6. The number of esters is 2. The lowest BCUT2D eigenvalue weighted by Gasteiger charge is -2.44. The fourth-order valence-electron chi connectivity index (χ4n) is 9.59. The van der Waals surface area contributed by atoms with Crippen LogP contribution in [0.4, 0.5) is 0 Å². The molecule has 2 aliphatic carbocycles. The molecule has 6 atom stereocenters. The van der Waals surface area contributed by atoms with Crippen LogP contribution < -0.4 is 18.9 Å². The molecule has 2 aromatic rings. The number of methoxy groups -OCH3 is 4. The summed E-state index contributed by atoms with van der Waals surface area (Å²) in [6.07, 6.45) is 9.60. The average molecular weight is 783 g/mol. The molecule has 2 aromatic carbocycles. The largest absolute Gasteiger partial charge is 0.493 e. The van der Waals surface area contributed by atoms with Crippen LogP contribution in [-0.2, 0) is 39.4 Å². The van der Waals surface area contributed by atoms with Crippen LogP contribution in [0.5, 0.6) is 23.0 Å². The molecule has 2 saturated heterocycles. The number of hydrogen-bond acceptors (Lipinski definition) is 12. The summed E-state index contributed by atoms with van der Waals surface area (Å²) in [5.41, 5.74) is 2.83. The second-order valence-electron chi connectivity index (χ2n) is 16.2. The minimum absolute atomic E-state index is 0.0431. The fourth-order valence-corrected chi connectivity index (χ4v) is 9.59. The molecule has 56 heavy (non-hydrogen) atoms. The van der Waals surface area contributed by atoms with Crippen molar-refractivity contribution in [3.63, 3.8) is 0 Å². The molecule has 6 rings (SSSR count). The van der Waals surface area contributed by atoms with E-state index in [1.165, 1.54) is 11.1 Å². The smallest absolute Gasteiger partial charge is 0.310 e. The van der Waals surface area contributed by atoms with E-state index in [1.54, 1.807) is 28.4 Å². The lowest BCUT2D eigenvalue weighted by atomic mass is 9.65. The van der Waals surface area contributed by atoms with E-state index in [0.29, 0.717) is 18.5 Å². The number of likely N-dealkylation sites (tertiary alicyclic amines) is 2. The van der Waals surface area contributed by atoms with Gasteiger partial charge in [0.2, 0.25) is 0 Å². The van der Waals surface area contributed by atoms with Crippen molar-refractivity contribution in [2.75, 3.05) is 69.2 Å². The van der Waals surface area contributed by atoms with Crippen molar-refractivity contribution in [2.24, 2.45) is 5.92 Å². The summed E-state index contributed by atoms with van der Waals surface area (Å²) in [6, 6.07) is 13.4. The third-order valence-corrected chi connectivity index (χ3v) is 12.8. The highest BCUT2D eigenvalue weighted by molar-refractivity contribution is 5.71. The van der Waals surface area contributed by atoms with Gasteiger partial charge in [-0.15, -0.1) is 0 Å². The van der Waals surface area contributed by atoms with Gasteiger partial charge in [0, 0.05) is 29.3 Å². The van der Waals surface area contributed by atoms with Gasteiger partial charge in [-0.1, -0.05) is 32.9 Å². The van der Waals surface area contributed by atoms with Crippen LogP contribution in [0.25, 0.3) is 0 Å². The Morgan fingerprint density at radius 2 is 1.12 bits per heavy atom. The van der Waals surface area contributed by atoms with E-state index in [9.17, 15) is 9.59 Å². The van der Waals surface area contributed by atoms with Gasteiger partial charge in [0.1, 0.15) is 0 Å². The van der Waals surface area contributed by atoms with Crippen LogP contribution in [0.2, 0.25) is 0 Å². The van der Waals surface area contributed by atoms with E-state index in [-0.39, 0.29) is 54.5 Å². The van der Waals surface area contributed by atoms with Crippen molar-refractivity contribution in [3.05, 3.63) is 47.5 Å². The zero-order valence-electron chi connectivity index (χ0n) is 35.2. The van der Waals surface area contributed by atoms with E-state index < -0.39 is 0 Å². The first-order chi connectivity index (χ1) is 26.9. The Kier molecular flexibility index (Phi) is 15.3. The topological polar surface area (TPSA) is 114 Å². The Morgan fingerprint density at radius 1 is 0.679 bits per heavy atom. The Balaban J connectivity index is 0.000000214. The molecule has 2 saturated carbocycles. The molecule has 12 heteroatoms. The number of nitrogens with zero attached hydrogens (tertiary/aromatic N) is 2. The molecule has 0 N–H and O–H groups in total. The summed E-state index contributed by atoms with van der Waals surface area (Å²) in [4.78, 5) is 28.0. The summed E-state index contributed by atoms with van der Waals surface area (Å²) in [6.45, 7) is 7.85. The lowest BCUT2D eigenvalue weighted by Crippen LogP contribution is -2.48. The number of rotatable bonds is 15. The molecule has 6 unspecified atom stereocenters. The zero-order chi connectivity index (χ0) is 40.5. The monoisotopic (exact) mass is 782 g/mol. The average Bonchev–Trinajstić information content (AvgIpc) is 3.74. The molecule has 312 valence electrons. The molecule has 0 aromatic heterocycles. The predicted molar refractivity (Wildman–Crippen MR) is 214 cm³/mol. The molecule has 0 bridgehead atoms. The number of carbonyl (C=O) groups is 2. The highest BCUT2D eigenvalue weighted by Gasteiger charge is 2.52. The van der Waals surface area contributed by atoms with Crippen molar-refractivity contribution < 1.29 is 47.5 Å². The molecule has 2 heterocycles. The van der Waals surface area contributed by atoms with Crippen LogP contribution in [0.3, 0.4) is 0 Å². The number of benzene rings is 2. The first-order valence-electron chi connectivity index (χ1n) is 20.4. The Labute approximate surface area is 334 Å². The minimum atomic E-state index is -0.214. The van der Waals surface area contributed by atoms with Gasteiger partial charge in [-0.2, -0.15) is 0 Å². The van der Waals surface area contributed by atoms with Crippen molar-refractivity contribution in [1.82, 2.24) is 9.80 Å². The first kappa shape index (κ1) is 43.5. The van der Waals surface area contributed by atoms with Gasteiger partial charge in [-0.05, 0) is 120 Å². The number of hydrogen-bond donors (Lipinski definition) is 0. The van der Waals surface area contributed by atoms with Gasteiger partial charge in [0.15, 0.2) is 36.6 Å². The molecule has 2 aliphatic heterocycles. The molecular weight excluding hydrogens is 716 g/mol. The van der Waals surface area contributed by atoms with Gasteiger partial charge < -0.3 is 47.7 Å². The van der Waals surface area contributed by atoms with Crippen molar-refractivity contribution in [3.8, 4) is 23.0 Å². The normalized spacial score (nSPS) is 27.4. The predicted octanol–water partition coefficient (Wildman–Crippen LogP) is 6.89. The van der Waals surface area contributed by atoms with Gasteiger partial charge in [-0.25, -0.2) is 0 Å². The SMILES string of the molecule is CCCC(=O)OCOC1CCC2(c3ccc(OC)c(OC)c3)CCN(C)C2C1.COc1ccc(C23CCC(OCOC(=O)C(C)C)CC2N(C)CC3)cc1OC. The van der Waals surface area contributed by atoms with Crippen LogP contribution >= 0.6 is 0 Å². The van der Waals surface area contributed by atoms with Crippen LogP contribution in [0.1, 0.15) is 96.1 Å². The maximum absolute atomic E-state index is 11.6. The number of fused-ring (bicyclic) bond motifs is 2. The summed E-state index contributed by atoms with van der Waals surface area (Å²) < 4.78 is 44.1. The second-order valence-corrected chi connectivity index (χ2v) is 16.2. The third-order valence-electron chi connectivity index (χ3n) is 12.8. The molecule has 4 aliphatic rings. The summed E-state index contributed by atoms with van der Waals surface area (Å²) >= 11 is 0. The quantitative estimate of drug-likeness (QED) is 0.139. The molecular formula is C44H66N2O10. The van der Waals surface area contributed by atoms with E-state index in [1.807, 2.05) is 32.9 Å². The van der Waals surface area contributed by atoms with Gasteiger partial charge >= 0.3 is 11.9 Å². The summed E-state index contributed by atoms with van der Waals surface area (Å²) in [5, 5.41) is 0. The first-order valence-corrected chi connectivity index (χ1v) is 20.4. The highest BCUT2D eigenvalue weighted by Crippen LogP contribution is 2.51. The summed E-state index contributed by atoms with van der Waals surface area (Å²) in [7, 11) is 11.1. The number of likely N-dealkylation sites (N-methyl/N-ethyl adjacent to an activating group) is 2. The minimum Gasteiger partial charge on any atom is -0.493 e. The molecule has 0 amide bonds. The van der Waals surface area contributed by atoms with Crippen LogP contribution in [0.15, 0.2) is 36.4 Å². The zero-order valence-corrected chi connectivity index (χ0v) is 35.2. The summed E-state index contributed by atoms with van der Waals surface area (Å²) in [5.74, 6) is 2.55.